The number of carbonyl (C=O) groups is 2. The van der Waals surface area contributed by atoms with Crippen molar-refractivity contribution in [2.24, 2.45) is 17.6 Å². The van der Waals surface area contributed by atoms with Gasteiger partial charge in [0.25, 0.3) is 16.6 Å². The summed E-state index contributed by atoms with van der Waals surface area (Å²) in [4.78, 5) is 22.9. The van der Waals surface area contributed by atoms with E-state index in [9.17, 15) is 14.7 Å². The molecule has 4 aromatic rings. The number of benzene rings is 4. The van der Waals surface area contributed by atoms with Crippen LogP contribution in [0.3, 0.4) is 0 Å². The van der Waals surface area contributed by atoms with Gasteiger partial charge in [-0.25, -0.2) is 0 Å². The number of nitrogens with two attached hydrogens (primary N) is 1. The summed E-state index contributed by atoms with van der Waals surface area (Å²) in [6, 6.07) is 42.7. The number of rotatable bonds is 10. The largest absolute Gasteiger partial charge is 0.481 e. The van der Waals surface area contributed by atoms with E-state index in [1.165, 1.54) is 20.7 Å². The summed E-state index contributed by atoms with van der Waals surface area (Å²) < 4.78 is 14.2. The molecule has 0 bridgehead atoms. The Morgan fingerprint density at radius 3 is 0.981 bits per heavy atom. The normalized spacial score (nSPS) is 21.0. The van der Waals surface area contributed by atoms with E-state index in [2.05, 4.69) is 151 Å². The predicted octanol–water partition coefficient (Wildman–Crippen LogP) is 7.81. The summed E-state index contributed by atoms with van der Waals surface area (Å²) in [6.07, 6.45) is 6.81. The van der Waals surface area contributed by atoms with Gasteiger partial charge in [0.05, 0.1) is 5.92 Å². The second kappa shape index (κ2) is 17.8. The van der Waals surface area contributed by atoms with E-state index in [4.69, 9.17) is 14.6 Å². The molecule has 2 saturated carbocycles. The molecule has 2 aliphatic rings. The van der Waals surface area contributed by atoms with Crippen LogP contribution in [0.25, 0.3) is 0 Å². The van der Waals surface area contributed by atoms with E-state index < -0.39 is 22.6 Å². The molecule has 8 heteroatoms. The molecule has 2 fully saturated rings. The number of primary amides is 1. The maximum absolute atomic E-state index is 11.5. The van der Waals surface area contributed by atoms with Crippen LogP contribution in [-0.2, 0) is 18.4 Å². The first-order valence-corrected chi connectivity index (χ1v) is 23.6. The first-order chi connectivity index (χ1) is 25.7. The second-order valence-electron chi connectivity index (χ2n) is 17.3. The van der Waals surface area contributed by atoms with Crippen molar-refractivity contribution in [3.05, 3.63) is 121 Å². The predicted molar refractivity (Wildman–Crippen MR) is 226 cm³/mol. The number of carboxylic acids is 1. The van der Waals surface area contributed by atoms with Gasteiger partial charge in [-0.1, -0.05) is 163 Å². The molecule has 54 heavy (non-hydrogen) atoms. The molecule has 0 aliphatic heterocycles. The average molecular weight is 764 g/mol. The maximum atomic E-state index is 11.5. The van der Waals surface area contributed by atoms with Crippen molar-refractivity contribution in [3.8, 4) is 0 Å². The number of hydrogen-bond acceptors (Lipinski definition) is 4. The van der Waals surface area contributed by atoms with Gasteiger partial charge >= 0.3 is 5.97 Å². The van der Waals surface area contributed by atoms with Gasteiger partial charge in [-0.3, -0.25) is 9.59 Å². The van der Waals surface area contributed by atoms with Crippen LogP contribution in [0.5, 0.6) is 0 Å². The molecule has 0 aromatic heterocycles. The number of amides is 1. The molecule has 0 atom stereocenters. The topological polar surface area (TPSA) is 98.8 Å². The molecule has 6 rings (SSSR count). The van der Waals surface area contributed by atoms with Crippen LogP contribution in [0, 0.1) is 11.8 Å². The zero-order valence-corrected chi connectivity index (χ0v) is 35.2. The Kier molecular flexibility index (Phi) is 13.6. The molecule has 0 radical (unpaired) electrons. The SMILES string of the molecule is CC(C)(C)[Si](OC1CCC(C(=O)O)CC1)(c1ccccc1)c1ccccc1.CC(C)(C)[Si](OC1CCC(C(N)=O)CC1)(c1ccccc1)c1ccccc1. The van der Waals surface area contributed by atoms with E-state index in [1.807, 2.05) is 12.1 Å². The number of carboxylic acid groups (broad SMARTS) is 1. The third-order valence-electron chi connectivity index (χ3n) is 11.6. The number of aliphatic carboxylic acids is 1. The molecule has 0 heterocycles. The minimum Gasteiger partial charge on any atom is -0.481 e. The Hall–Kier alpha value is -3.83. The van der Waals surface area contributed by atoms with Crippen molar-refractivity contribution in [1.82, 2.24) is 0 Å². The highest BCUT2D eigenvalue weighted by molar-refractivity contribution is 7.00. The molecular formula is C46H61NO5Si2. The summed E-state index contributed by atoms with van der Waals surface area (Å²) in [6.45, 7) is 13.7. The fourth-order valence-electron chi connectivity index (χ4n) is 8.78. The van der Waals surface area contributed by atoms with Crippen LogP contribution in [-0.4, -0.2) is 45.8 Å². The third-order valence-corrected chi connectivity index (χ3v) is 21.8. The van der Waals surface area contributed by atoms with Crippen LogP contribution in [0.1, 0.15) is 92.9 Å². The molecule has 3 N–H and O–H groups in total. The summed E-state index contributed by atoms with van der Waals surface area (Å²) in [5.74, 6) is -1.05. The van der Waals surface area contributed by atoms with Crippen molar-refractivity contribution in [3.63, 3.8) is 0 Å². The number of hydrogen-bond donors (Lipinski definition) is 2. The van der Waals surface area contributed by atoms with E-state index in [-0.39, 0.29) is 40.0 Å². The highest BCUT2D eigenvalue weighted by Gasteiger charge is 2.53. The van der Waals surface area contributed by atoms with Crippen molar-refractivity contribution in [2.45, 2.75) is 115 Å². The zero-order valence-electron chi connectivity index (χ0n) is 33.2. The lowest BCUT2D eigenvalue weighted by molar-refractivity contribution is -0.143. The van der Waals surface area contributed by atoms with Crippen molar-refractivity contribution < 1.29 is 23.5 Å². The van der Waals surface area contributed by atoms with Gasteiger partial charge in [-0.2, -0.15) is 0 Å². The van der Waals surface area contributed by atoms with E-state index in [0.29, 0.717) is 12.8 Å². The Labute approximate surface area is 325 Å². The van der Waals surface area contributed by atoms with Crippen molar-refractivity contribution >= 4 is 49.3 Å². The molecule has 0 saturated heterocycles. The Bertz CT molecular complexity index is 1550. The molecule has 288 valence electrons. The fourth-order valence-corrected chi connectivity index (χ4v) is 18.3. The molecule has 6 nitrogen and oxygen atoms in total. The average Bonchev–Trinajstić information content (AvgIpc) is 3.17. The monoisotopic (exact) mass is 763 g/mol. The van der Waals surface area contributed by atoms with Crippen LogP contribution in [0.4, 0.5) is 0 Å². The molecule has 2 aliphatic carbocycles. The minimum atomic E-state index is -2.53. The lowest BCUT2D eigenvalue weighted by Gasteiger charge is -2.46. The Morgan fingerprint density at radius 2 is 0.759 bits per heavy atom. The van der Waals surface area contributed by atoms with Gasteiger partial charge in [0.2, 0.25) is 5.91 Å². The van der Waals surface area contributed by atoms with Crippen LogP contribution in [0.2, 0.25) is 10.1 Å². The lowest BCUT2D eigenvalue weighted by Crippen LogP contribution is -2.67. The molecular weight excluding hydrogens is 703 g/mol. The minimum absolute atomic E-state index is 0.00371. The van der Waals surface area contributed by atoms with Crippen LogP contribution in [0.15, 0.2) is 121 Å². The highest BCUT2D eigenvalue weighted by atomic mass is 28.4. The van der Waals surface area contributed by atoms with Crippen LogP contribution >= 0.6 is 0 Å². The Balaban J connectivity index is 0.000000208. The fraction of sp³-hybridized carbons (Fsp3) is 0.435. The van der Waals surface area contributed by atoms with Crippen molar-refractivity contribution in [1.29, 1.82) is 0 Å². The quantitative estimate of drug-likeness (QED) is 0.161. The smallest absolute Gasteiger partial charge is 0.306 e. The zero-order chi connectivity index (χ0) is 39.0. The second-order valence-corrected chi connectivity index (χ2v) is 25.8. The number of carbonyl (C=O) groups excluding carboxylic acids is 1. The summed E-state index contributed by atoms with van der Waals surface area (Å²) in [5, 5.41) is 14.4. The van der Waals surface area contributed by atoms with E-state index in [1.54, 1.807) is 0 Å². The van der Waals surface area contributed by atoms with Crippen molar-refractivity contribution in [2.75, 3.05) is 0 Å². The van der Waals surface area contributed by atoms with Gasteiger partial charge in [-0.15, -0.1) is 0 Å². The highest BCUT2D eigenvalue weighted by Crippen LogP contribution is 2.41. The molecule has 0 spiro atoms. The van der Waals surface area contributed by atoms with Gasteiger partial charge < -0.3 is 19.7 Å². The molecule has 1 amide bonds. The first kappa shape index (κ1) is 41.3. The van der Waals surface area contributed by atoms with Gasteiger partial charge in [-0.05, 0) is 82.2 Å². The third kappa shape index (κ3) is 9.16. The first-order valence-electron chi connectivity index (χ1n) is 19.8. The summed E-state index contributed by atoms with van der Waals surface area (Å²) in [5.41, 5.74) is 5.52. The maximum Gasteiger partial charge on any atom is 0.306 e. The standard InChI is InChI=1S/C23H31NO2Si.C23H30O3Si/c2*1-23(2,3)27(20-10-6-4-7-11-20,21-12-8-5-9-13-21)26-19-16-14-18(15-17-19)22(24)25/h4-13,18-19H,14-17H2,1-3H3,(H2,24,25);4-13,18-19H,14-17H2,1-3H3,(H,24,25). The van der Waals surface area contributed by atoms with Crippen LogP contribution < -0.4 is 26.5 Å². The van der Waals surface area contributed by atoms with E-state index >= 15 is 0 Å². The van der Waals surface area contributed by atoms with Gasteiger partial charge in [0, 0.05) is 18.1 Å². The Morgan fingerprint density at radius 1 is 0.500 bits per heavy atom. The molecule has 4 aromatic carbocycles. The summed E-state index contributed by atoms with van der Waals surface area (Å²) >= 11 is 0. The molecule has 0 unspecified atom stereocenters. The van der Waals surface area contributed by atoms with Gasteiger partial charge in [0.1, 0.15) is 0 Å². The van der Waals surface area contributed by atoms with E-state index in [0.717, 1.165) is 38.5 Å². The summed E-state index contributed by atoms with van der Waals surface area (Å²) in [7, 11) is -5.04. The van der Waals surface area contributed by atoms with Gasteiger partial charge in [0.15, 0.2) is 0 Å². The lowest BCUT2D eigenvalue weighted by atomic mass is 9.87.